The number of nitrogens with zero attached hydrogens (tertiary/aromatic N) is 1. The third-order valence-corrected chi connectivity index (χ3v) is 3.77. The Labute approximate surface area is 107 Å². The van der Waals surface area contributed by atoms with Gasteiger partial charge in [-0.05, 0) is 18.9 Å². The molecule has 0 aromatic heterocycles. The van der Waals surface area contributed by atoms with E-state index in [9.17, 15) is 15.3 Å². The van der Waals surface area contributed by atoms with Crippen LogP contribution in [0.25, 0.3) is 0 Å². The fourth-order valence-electron chi connectivity index (χ4n) is 2.46. The summed E-state index contributed by atoms with van der Waals surface area (Å²) in [6.07, 6.45) is -1.91. The summed E-state index contributed by atoms with van der Waals surface area (Å²) in [5.74, 6) is 0. The molecule has 18 heavy (non-hydrogen) atoms. The Balaban J connectivity index is 1.93. The van der Waals surface area contributed by atoms with Crippen LogP contribution in [0.2, 0.25) is 0 Å². The fraction of sp³-hybridized carbons (Fsp3) is 0.571. The van der Waals surface area contributed by atoms with Gasteiger partial charge in [-0.1, -0.05) is 30.3 Å². The highest BCUT2D eigenvalue weighted by molar-refractivity contribution is 5.15. The number of aliphatic hydroxyl groups excluding tert-OH is 3. The maximum Gasteiger partial charge on any atom is 0.108 e. The molecule has 1 aliphatic rings. The fourth-order valence-corrected chi connectivity index (χ4v) is 2.46. The van der Waals surface area contributed by atoms with Crippen molar-refractivity contribution < 1.29 is 15.3 Å². The van der Waals surface area contributed by atoms with Crippen molar-refractivity contribution >= 4 is 0 Å². The largest absolute Gasteiger partial charge is 0.389 e. The van der Waals surface area contributed by atoms with Gasteiger partial charge in [-0.15, -0.1) is 0 Å². The van der Waals surface area contributed by atoms with E-state index in [0.717, 1.165) is 13.0 Å². The molecule has 4 nitrogen and oxygen atoms in total. The summed E-state index contributed by atoms with van der Waals surface area (Å²) < 4.78 is 0. The average Bonchev–Trinajstić information content (AvgIpc) is 2.40. The molecule has 2 rings (SSSR count). The molecule has 0 unspecified atom stereocenters. The van der Waals surface area contributed by atoms with E-state index in [1.807, 2.05) is 30.0 Å². The van der Waals surface area contributed by atoms with Crippen LogP contribution in [0.3, 0.4) is 0 Å². The van der Waals surface area contributed by atoms with Crippen LogP contribution in [0.15, 0.2) is 30.3 Å². The first kappa shape index (κ1) is 13.5. The highest BCUT2D eigenvalue weighted by atomic mass is 16.4. The lowest BCUT2D eigenvalue weighted by Crippen LogP contribution is -2.60. The molecule has 0 amide bonds. The van der Waals surface area contributed by atoms with Crippen LogP contribution in [0.1, 0.15) is 12.5 Å². The summed E-state index contributed by atoms with van der Waals surface area (Å²) in [5.41, 5.74) is 1.24. The van der Waals surface area contributed by atoms with Crippen molar-refractivity contribution in [2.75, 3.05) is 13.1 Å². The zero-order valence-corrected chi connectivity index (χ0v) is 10.6. The molecular weight excluding hydrogens is 230 g/mol. The summed E-state index contributed by atoms with van der Waals surface area (Å²) in [6, 6.07) is 9.99. The third-order valence-electron chi connectivity index (χ3n) is 3.77. The maximum atomic E-state index is 9.83. The minimum Gasteiger partial charge on any atom is -0.389 e. The Morgan fingerprint density at radius 3 is 2.44 bits per heavy atom. The van der Waals surface area contributed by atoms with Crippen LogP contribution in [-0.4, -0.2) is 57.7 Å². The van der Waals surface area contributed by atoms with E-state index < -0.39 is 18.3 Å². The van der Waals surface area contributed by atoms with Crippen molar-refractivity contribution in [3.63, 3.8) is 0 Å². The van der Waals surface area contributed by atoms with Crippen LogP contribution >= 0.6 is 0 Å². The number of hydrogen-bond acceptors (Lipinski definition) is 4. The number of β-amino-alcohol motifs (C(OH)–C–C–N with tert-alkyl or cyclic N) is 1. The summed E-state index contributed by atoms with van der Waals surface area (Å²) in [7, 11) is 0. The van der Waals surface area contributed by atoms with Gasteiger partial charge in [0.15, 0.2) is 0 Å². The van der Waals surface area contributed by atoms with E-state index in [4.69, 9.17) is 0 Å². The minimum atomic E-state index is -1.03. The van der Waals surface area contributed by atoms with Gasteiger partial charge in [-0.2, -0.15) is 0 Å². The quantitative estimate of drug-likeness (QED) is 0.708. The Hall–Kier alpha value is -0.940. The van der Waals surface area contributed by atoms with Gasteiger partial charge in [0.2, 0.25) is 0 Å². The Kier molecular flexibility index (Phi) is 4.35. The molecule has 0 saturated carbocycles. The molecule has 1 heterocycles. The van der Waals surface area contributed by atoms with Crippen LogP contribution in [-0.2, 0) is 6.42 Å². The van der Waals surface area contributed by atoms with Gasteiger partial charge in [0.25, 0.3) is 0 Å². The first-order valence-electron chi connectivity index (χ1n) is 6.42. The van der Waals surface area contributed by atoms with Gasteiger partial charge in [-0.3, -0.25) is 4.90 Å². The SMILES string of the molecule is C[C@@H]1[C@@H](O)[C@H](O)[C@@H](O)CN1CCc1ccccc1. The van der Waals surface area contributed by atoms with E-state index in [2.05, 4.69) is 12.1 Å². The standard InChI is InChI=1S/C14H21NO3/c1-10-13(17)14(18)12(16)9-15(10)8-7-11-5-3-2-4-6-11/h2-6,10,12-14,16-18H,7-9H2,1H3/t10-,12+,13-,14-/m1/s1. The molecule has 0 spiro atoms. The Bertz CT molecular complexity index is 371. The molecule has 4 atom stereocenters. The Morgan fingerprint density at radius 1 is 1.11 bits per heavy atom. The molecular formula is C14H21NO3. The smallest absolute Gasteiger partial charge is 0.108 e. The zero-order valence-electron chi connectivity index (χ0n) is 10.6. The average molecular weight is 251 g/mol. The molecule has 0 aliphatic carbocycles. The second-order valence-electron chi connectivity index (χ2n) is 5.02. The van der Waals surface area contributed by atoms with Crippen LogP contribution in [0.4, 0.5) is 0 Å². The molecule has 1 aliphatic heterocycles. The molecule has 0 radical (unpaired) electrons. The van der Waals surface area contributed by atoms with Crippen molar-refractivity contribution in [3.05, 3.63) is 35.9 Å². The van der Waals surface area contributed by atoms with Crippen molar-refractivity contribution in [2.24, 2.45) is 0 Å². The molecule has 1 saturated heterocycles. The normalized spacial score (nSPS) is 33.6. The van der Waals surface area contributed by atoms with Crippen molar-refractivity contribution in [2.45, 2.75) is 37.7 Å². The van der Waals surface area contributed by atoms with Crippen molar-refractivity contribution in [3.8, 4) is 0 Å². The highest BCUT2D eigenvalue weighted by Crippen LogP contribution is 2.19. The number of benzene rings is 1. The van der Waals surface area contributed by atoms with Crippen LogP contribution in [0.5, 0.6) is 0 Å². The van der Waals surface area contributed by atoms with Crippen molar-refractivity contribution in [1.29, 1.82) is 0 Å². The minimum absolute atomic E-state index is 0.132. The number of aliphatic hydroxyl groups is 3. The summed E-state index contributed by atoms with van der Waals surface area (Å²) in [4.78, 5) is 2.02. The van der Waals surface area contributed by atoms with E-state index in [-0.39, 0.29) is 6.04 Å². The molecule has 100 valence electrons. The van der Waals surface area contributed by atoms with E-state index >= 15 is 0 Å². The molecule has 4 heteroatoms. The van der Waals surface area contributed by atoms with Crippen molar-refractivity contribution in [1.82, 2.24) is 4.90 Å². The number of likely N-dealkylation sites (tertiary alicyclic amines) is 1. The second-order valence-corrected chi connectivity index (χ2v) is 5.02. The first-order valence-corrected chi connectivity index (χ1v) is 6.42. The van der Waals surface area contributed by atoms with Crippen LogP contribution < -0.4 is 0 Å². The predicted octanol–water partition coefficient (Wildman–Crippen LogP) is 0.0159. The lowest BCUT2D eigenvalue weighted by molar-refractivity contribution is -0.132. The molecule has 3 N–H and O–H groups in total. The maximum absolute atomic E-state index is 9.83. The zero-order chi connectivity index (χ0) is 13.1. The van der Waals surface area contributed by atoms with Gasteiger partial charge in [-0.25, -0.2) is 0 Å². The lowest BCUT2D eigenvalue weighted by Gasteiger charge is -2.42. The van der Waals surface area contributed by atoms with Gasteiger partial charge in [0.1, 0.15) is 6.10 Å². The topological polar surface area (TPSA) is 63.9 Å². The summed E-state index contributed by atoms with van der Waals surface area (Å²) >= 11 is 0. The van der Waals surface area contributed by atoms with Gasteiger partial charge < -0.3 is 15.3 Å². The van der Waals surface area contributed by atoms with E-state index in [1.165, 1.54) is 5.56 Å². The Morgan fingerprint density at radius 2 is 1.78 bits per heavy atom. The molecule has 1 fully saturated rings. The van der Waals surface area contributed by atoms with E-state index in [1.54, 1.807) is 0 Å². The van der Waals surface area contributed by atoms with Gasteiger partial charge >= 0.3 is 0 Å². The van der Waals surface area contributed by atoms with E-state index in [0.29, 0.717) is 6.54 Å². The molecule has 1 aromatic carbocycles. The molecule has 1 aromatic rings. The lowest BCUT2D eigenvalue weighted by atomic mass is 9.94. The number of hydrogen-bond donors (Lipinski definition) is 3. The number of rotatable bonds is 3. The first-order chi connectivity index (χ1) is 8.59. The third kappa shape index (κ3) is 2.90. The number of piperidine rings is 1. The van der Waals surface area contributed by atoms with Gasteiger partial charge in [0, 0.05) is 19.1 Å². The molecule has 0 bridgehead atoms. The summed E-state index contributed by atoms with van der Waals surface area (Å²) in [5, 5.41) is 29.1. The monoisotopic (exact) mass is 251 g/mol. The highest BCUT2D eigenvalue weighted by Gasteiger charge is 2.38. The van der Waals surface area contributed by atoms with Gasteiger partial charge in [0.05, 0.1) is 12.2 Å². The second kappa shape index (κ2) is 5.80. The van der Waals surface area contributed by atoms with Crippen LogP contribution in [0, 0.1) is 0 Å². The predicted molar refractivity (Wildman–Crippen MR) is 69.2 cm³/mol. The summed E-state index contributed by atoms with van der Waals surface area (Å²) in [6.45, 7) is 3.06.